The highest BCUT2D eigenvalue weighted by molar-refractivity contribution is 7.88. The molecule has 11 heteroatoms. The monoisotopic (exact) mass is 515 g/mol. The minimum atomic E-state index is -3.18. The molecule has 1 N–H and O–H groups in total. The van der Waals surface area contributed by atoms with Crippen LogP contribution in [0.15, 0.2) is 42.7 Å². The maximum atomic E-state index is 11.8. The lowest BCUT2D eigenvalue weighted by atomic mass is 9.91. The summed E-state index contributed by atoms with van der Waals surface area (Å²) in [7, 11) is -0.150. The lowest BCUT2D eigenvalue weighted by molar-refractivity contribution is -0.140. The van der Waals surface area contributed by atoms with E-state index < -0.39 is 10.0 Å². The first-order chi connectivity index (χ1) is 17.3. The van der Waals surface area contributed by atoms with Crippen molar-refractivity contribution in [2.75, 3.05) is 32.3 Å². The van der Waals surface area contributed by atoms with Crippen LogP contribution in [0.2, 0.25) is 0 Å². The Morgan fingerprint density at radius 3 is 2.69 bits per heavy atom. The van der Waals surface area contributed by atoms with Crippen LogP contribution in [0, 0.1) is 0 Å². The van der Waals surface area contributed by atoms with Gasteiger partial charge >= 0.3 is 5.97 Å². The number of hydrogen-bond donors (Lipinski definition) is 1. The maximum absolute atomic E-state index is 11.8. The molecule has 1 aromatic carbocycles. The molecule has 2 aromatic heterocycles. The zero-order chi connectivity index (χ0) is 25.7. The summed E-state index contributed by atoms with van der Waals surface area (Å²) < 4.78 is 37.7. The first-order valence-electron chi connectivity index (χ1n) is 12.1. The molecule has 0 saturated heterocycles. The van der Waals surface area contributed by atoms with Crippen molar-refractivity contribution in [2.24, 2.45) is 0 Å². The number of esters is 1. The third kappa shape index (κ3) is 6.14. The van der Waals surface area contributed by atoms with Gasteiger partial charge in [-0.25, -0.2) is 17.7 Å². The number of rotatable bonds is 10. The Bertz CT molecular complexity index is 1300. The highest BCUT2D eigenvalue weighted by Crippen LogP contribution is 2.29. The number of ether oxygens (including phenoxy) is 2. The van der Waals surface area contributed by atoms with Crippen molar-refractivity contribution < 1.29 is 22.7 Å². The van der Waals surface area contributed by atoms with Crippen molar-refractivity contribution in [3.63, 3.8) is 0 Å². The fourth-order valence-electron chi connectivity index (χ4n) is 4.56. The zero-order valence-corrected chi connectivity index (χ0v) is 21.7. The van der Waals surface area contributed by atoms with Crippen molar-refractivity contribution in [1.29, 1.82) is 0 Å². The third-order valence-corrected chi connectivity index (χ3v) is 8.00. The van der Waals surface area contributed by atoms with Gasteiger partial charge in [0.1, 0.15) is 11.6 Å². The SMILES string of the molecule is COC(=O)CCCOc1cccc2c1ccn2-c1ccnc(N[C@H]2CC[C@H](N(C)S(C)(=O)=O)CC2)n1. The van der Waals surface area contributed by atoms with Crippen molar-refractivity contribution in [1.82, 2.24) is 18.8 Å². The van der Waals surface area contributed by atoms with Crippen LogP contribution >= 0.6 is 0 Å². The second-order valence-electron chi connectivity index (χ2n) is 9.07. The number of methoxy groups -OCH3 is 1. The van der Waals surface area contributed by atoms with Gasteiger partial charge in [0.15, 0.2) is 0 Å². The van der Waals surface area contributed by atoms with Crippen molar-refractivity contribution in [3.8, 4) is 11.6 Å². The van der Waals surface area contributed by atoms with E-state index in [1.54, 1.807) is 13.2 Å². The van der Waals surface area contributed by atoms with Gasteiger partial charge in [0.25, 0.3) is 0 Å². The van der Waals surface area contributed by atoms with Crippen molar-refractivity contribution in [3.05, 3.63) is 42.7 Å². The molecule has 1 aliphatic carbocycles. The van der Waals surface area contributed by atoms with Crippen LogP contribution in [-0.4, -0.2) is 72.3 Å². The molecule has 1 saturated carbocycles. The van der Waals surface area contributed by atoms with E-state index in [9.17, 15) is 13.2 Å². The molecule has 0 unspecified atom stereocenters. The highest BCUT2D eigenvalue weighted by Gasteiger charge is 2.28. The average Bonchev–Trinajstić information content (AvgIpc) is 3.31. The van der Waals surface area contributed by atoms with Crippen LogP contribution in [0.5, 0.6) is 5.75 Å². The average molecular weight is 516 g/mol. The van der Waals surface area contributed by atoms with E-state index in [2.05, 4.69) is 15.0 Å². The van der Waals surface area contributed by atoms with Crippen LogP contribution in [-0.2, 0) is 19.6 Å². The van der Waals surface area contributed by atoms with Crippen molar-refractivity contribution in [2.45, 2.75) is 50.6 Å². The largest absolute Gasteiger partial charge is 0.493 e. The van der Waals surface area contributed by atoms with Crippen LogP contribution < -0.4 is 10.1 Å². The van der Waals surface area contributed by atoms with E-state index in [1.165, 1.54) is 17.7 Å². The predicted octanol–water partition coefficient (Wildman–Crippen LogP) is 3.37. The number of aromatic nitrogens is 3. The molecule has 1 fully saturated rings. The number of benzene rings is 1. The van der Waals surface area contributed by atoms with E-state index in [0.717, 1.165) is 48.2 Å². The Balaban J connectivity index is 1.42. The molecule has 0 bridgehead atoms. The normalized spacial score (nSPS) is 18.3. The number of nitrogens with one attached hydrogen (secondary N) is 1. The second-order valence-corrected chi connectivity index (χ2v) is 11.1. The number of anilines is 1. The Labute approximate surface area is 211 Å². The summed E-state index contributed by atoms with van der Waals surface area (Å²) in [5, 5.41) is 4.38. The minimum Gasteiger partial charge on any atom is -0.493 e. The Morgan fingerprint density at radius 1 is 1.19 bits per heavy atom. The topological polar surface area (TPSA) is 116 Å². The van der Waals surface area contributed by atoms with Crippen LogP contribution in [0.1, 0.15) is 38.5 Å². The fourth-order valence-corrected chi connectivity index (χ4v) is 5.31. The van der Waals surface area contributed by atoms with Gasteiger partial charge in [0, 0.05) is 43.3 Å². The summed E-state index contributed by atoms with van der Waals surface area (Å²) >= 11 is 0. The van der Waals surface area contributed by atoms with Gasteiger partial charge in [-0.05, 0) is 56.4 Å². The van der Waals surface area contributed by atoms with Gasteiger partial charge in [0.05, 0.1) is 25.5 Å². The standard InChI is InChI=1S/C25H33N5O5S/c1-29(36(3,32)33)19-11-9-18(10-12-19)27-25-26-15-13-23(28-25)30-16-14-20-21(30)6-4-7-22(20)35-17-5-8-24(31)34-2/h4,6-7,13-16,18-19H,5,8-12,17H2,1-3H3,(H,26,27,28)/t18-,19-. The van der Waals surface area contributed by atoms with Gasteiger partial charge in [-0.3, -0.25) is 4.79 Å². The number of sulfonamides is 1. The van der Waals surface area contributed by atoms with E-state index in [4.69, 9.17) is 9.72 Å². The second kappa shape index (κ2) is 11.3. The molecule has 1 aliphatic rings. The first-order valence-corrected chi connectivity index (χ1v) is 13.9. The predicted molar refractivity (Wildman–Crippen MR) is 138 cm³/mol. The Kier molecular flexibility index (Phi) is 8.10. The Morgan fingerprint density at radius 2 is 1.97 bits per heavy atom. The molecular formula is C25H33N5O5S. The van der Waals surface area contributed by atoms with E-state index in [-0.39, 0.29) is 18.1 Å². The van der Waals surface area contributed by atoms with Crippen LogP contribution in [0.3, 0.4) is 0 Å². The van der Waals surface area contributed by atoms with Crippen LogP contribution in [0.4, 0.5) is 5.95 Å². The highest BCUT2D eigenvalue weighted by atomic mass is 32.2. The molecular weight excluding hydrogens is 482 g/mol. The van der Waals surface area contributed by atoms with Gasteiger partial charge in [-0.1, -0.05) is 6.07 Å². The smallest absolute Gasteiger partial charge is 0.305 e. The molecule has 2 heterocycles. The quantitative estimate of drug-likeness (QED) is 0.323. The summed E-state index contributed by atoms with van der Waals surface area (Å²) in [5.74, 6) is 1.78. The minimum absolute atomic E-state index is 0.0356. The first kappa shape index (κ1) is 25.9. The zero-order valence-electron chi connectivity index (χ0n) is 20.9. The lowest BCUT2D eigenvalue weighted by Gasteiger charge is -2.33. The molecule has 0 amide bonds. The summed E-state index contributed by atoms with van der Waals surface area (Å²) in [4.78, 5) is 20.4. The van der Waals surface area contributed by atoms with Crippen LogP contribution in [0.25, 0.3) is 16.7 Å². The molecule has 0 radical (unpaired) electrons. The number of fused-ring (bicyclic) bond motifs is 1. The third-order valence-electron chi connectivity index (χ3n) is 6.66. The Hall–Kier alpha value is -3.18. The molecule has 36 heavy (non-hydrogen) atoms. The molecule has 0 aliphatic heterocycles. The van der Waals surface area contributed by atoms with E-state index in [1.807, 2.05) is 41.1 Å². The molecule has 10 nitrogen and oxygen atoms in total. The van der Waals surface area contributed by atoms with Gasteiger partial charge in [-0.2, -0.15) is 4.98 Å². The number of carbonyl (C=O) groups excluding carboxylic acids is 1. The number of hydrogen-bond acceptors (Lipinski definition) is 8. The molecule has 194 valence electrons. The summed E-state index contributed by atoms with van der Waals surface area (Å²) in [6.07, 6.45) is 9.12. The summed E-state index contributed by atoms with van der Waals surface area (Å²) in [6.45, 7) is 0.420. The van der Waals surface area contributed by atoms with E-state index >= 15 is 0 Å². The number of nitrogens with zero attached hydrogens (tertiary/aromatic N) is 4. The molecule has 0 atom stereocenters. The molecule has 3 aromatic rings. The van der Waals surface area contributed by atoms with Gasteiger partial charge in [-0.15, -0.1) is 0 Å². The summed E-state index contributed by atoms with van der Waals surface area (Å²) in [6, 6.07) is 9.91. The van der Waals surface area contributed by atoms with Crippen molar-refractivity contribution >= 4 is 32.8 Å². The maximum Gasteiger partial charge on any atom is 0.305 e. The van der Waals surface area contributed by atoms with Gasteiger partial charge in [0.2, 0.25) is 16.0 Å². The number of carbonyl (C=O) groups is 1. The summed E-state index contributed by atoms with van der Waals surface area (Å²) in [5.41, 5.74) is 0.953. The lowest BCUT2D eigenvalue weighted by Crippen LogP contribution is -2.41. The molecule has 0 spiro atoms. The van der Waals surface area contributed by atoms with E-state index in [0.29, 0.717) is 25.4 Å². The van der Waals surface area contributed by atoms with Gasteiger partial charge < -0.3 is 19.4 Å². The fraction of sp³-hybridized carbons (Fsp3) is 0.480. The molecule has 4 rings (SSSR count).